The molecule has 11 atom stereocenters. The number of rotatable bonds is 22. The first kappa shape index (κ1) is 90.1. The van der Waals surface area contributed by atoms with Crippen LogP contribution in [-0.4, -0.2) is 243 Å². The minimum Gasteiger partial charge on any atom is -0.481 e. The van der Waals surface area contributed by atoms with Crippen LogP contribution in [0.1, 0.15) is 96.8 Å². The predicted octanol–water partition coefficient (Wildman–Crippen LogP) is -3.94. The number of aromatic nitrogens is 1. The van der Waals surface area contributed by atoms with Crippen LogP contribution in [-0.2, 0) is 108 Å². The maximum absolute atomic E-state index is 15.4. The molecule has 1 aliphatic rings. The van der Waals surface area contributed by atoms with Crippen LogP contribution in [0.15, 0.2) is 91.1 Å². The van der Waals surface area contributed by atoms with Gasteiger partial charge in [0, 0.05) is 82.6 Å². The Morgan fingerprint density at radius 2 is 1.08 bits per heavy atom. The van der Waals surface area contributed by atoms with Crippen molar-refractivity contribution in [3.05, 3.63) is 108 Å². The van der Waals surface area contributed by atoms with Crippen molar-refractivity contribution < 1.29 is 91.7 Å². The van der Waals surface area contributed by atoms with Gasteiger partial charge in [-0.3, -0.25) is 81.5 Å². The molecule has 1 aromatic heterocycles. The van der Waals surface area contributed by atoms with Gasteiger partial charge in [0.2, 0.25) is 94.5 Å². The first-order chi connectivity index (χ1) is 52.4. The number of nitrogens with two attached hydrogens (primary N) is 2. The standard InChI is InChI=1S/C74H103N17O19S/c1-40(2)29-49-66(102)83-48(24-18-26-62(99)100)74(110)91(9)55(31-45-21-14-11-15-22-45)70(106)85-50(32-46-37-89(7)53-25-17-16-23-47(46)53)68(104)88-63(41(3)4)71(107)79-36-60(97)87-64(43(6)92)72(108)80-35-59(96)82-52(65(101)77-28-27-58(95)78-34-57(76)94)38-111-39-61(98)81-42(5)73(109)90(8)54(30-44-19-12-10-13-20-44)69(105)86-51(33-56(75)93)67(103)84-49/h10-17,19-23,25,37,40-43,48-52,54-55,63-64,92H,18,24,26-36,38-39H2,1-9H3,(H2,75,93)(H2,76,94)(H,77,101)(H,78,95)(H,79,107)(H,80,108)(H,81,98)(H,82,96)(H,83,102)(H,84,103)(H,85,106)(H,86,105)(H,87,97)(H,88,104)(H,99,100)/t42-,43-,48+,49+,50+,51+,52+,54+,55+,63?,64+/m1/s1. The van der Waals surface area contributed by atoms with Crippen LogP contribution in [0.4, 0.5) is 0 Å². The van der Waals surface area contributed by atoms with Crippen LogP contribution in [0.5, 0.6) is 0 Å². The van der Waals surface area contributed by atoms with Gasteiger partial charge in [0.25, 0.3) is 0 Å². The number of aliphatic hydroxyl groups excluding tert-OH is 1. The number of para-hydroxylation sites is 1. The molecule has 0 spiro atoms. The maximum atomic E-state index is 15.4. The highest BCUT2D eigenvalue weighted by Gasteiger charge is 2.40. The van der Waals surface area contributed by atoms with E-state index in [1.165, 1.54) is 21.0 Å². The van der Waals surface area contributed by atoms with Crippen molar-refractivity contribution in [3.63, 3.8) is 0 Å². The van der Waals surface area contributed by atoms with Crippen LogP contribution < -0.4 is 75.3 Å². The van der Waals surface area contributed by atoms with Crippen LogP contribution >= 0.6 is 11.8 Å². The van der Waals surface area contributed by atoms with Crippen molar-refractivity contribution in [2.24, 2.45) is 30.4 Å². The van der Waals surface area contributed by atoms with Gasteiger partial charge in [-0.05, 0) is 67.7 Å². The number of aliphatic carboxylic acids is 1. The molecule has 0 radical (unpaired) electrons. The second kappa shape index (κ2) is 44.2. The lowest BCUT2D eigenvalue weighted by molar-refractivity contribution is -0.143. The van der Waals surface area contributed by atoms with Gasteiger partial charge < -0.3 is 99.8 Å². The number of nitrogens with one attached hydrogen (secondary N) is 12. The van der Waals surface area contributed by atoms with Crippen molar-refractivity contribution >= 4 is 123 Å². The molecular weight excluding hydrogens is 1460 g/mol. The summed E-state index contributed by atoms with van der Waals surface area (Å²) in [5, 5.41) is 51.1. The number of amides is 16. The van der Waals surface area contributed by atoms with Crippen molar-refractivity contribution in [1.29, 1.82) is 0 Å². The number of likely N-dealkylation sites (N-methyl/N-ethyl adjacent to an activating group) is 2. The number of thioether (sulfide) groups is 1. The molecule has 37 heteroatoms. The number of carboxylic acids is 1. The van der Waals surface area contributed by atoms with E-state index in [-0.39, 0.29) is 57.2 Å². The van der Waals surface area contributed by atoms with E-state index in [2.05, 4.69) is 63.8 Å². The van der Waals surface area contributed by atoms with Gasteiger partial charge in [0.15, 0.2) is 0 Å². The number of aryl methyl sites for hydroxylation is 1. The highest BCUT2D eigenvalue weighted by atomic mass is 32.2. The fourth-order valence-electron chi connectivity index (χ4n) is 12.0. The number of benzene rings is 3. The zero-order valence-corrected chi connectivity index (χ0v) is 64.3. The highest BCUT2D eigenvalue weighted by Crippen LogP contribution is 2.23. The molecule has 3 aromatic carbocycles. The summed E-state index contributed by atoms with van der Waals surface area (Å²) in [6.45, 7) is 6.41. The number of aliphatic hydroxyl groups is 1. The lowest BCUT2D eigenvalue weighted by Crippen LogP contribution is -2.61. The molecule has 4 aromatic rings. The summed E-state index contributed by atoms with van der Waals surface area (Å²) in [4.78, 5) is 237. The van der Waals surface area contributed by atoms with E-state index in [0.717, 1.165) is 34.0 Å². The molecule has 111 heavy (non-hydrogen) atoms. The SMILES string of the molecule is CC(C)C[C@@H]1NC(=O)[C@H](CC(N)=O)NC(=O)[C@H](Cc2ccccc2)N(C)C(=O)[C@@H](C)NC(=O)CSC[C@@H](C(=O)NCCC(=O)NCC(N)=O)NC(=O)CNC(=O)[C@H]([C@@H](C)O)NC(=O)CNC(=O)C(C(C)C)NC(=O)[C@H](Cc2cn(C)c3ccccc23)NC(=O)[C@H](Cc2ccccc2)N(C)C(=O)[C@H](CCCC(=O)O)NC1=O. The van der Waals surface area contributed by atoms with E-state index in [1.807, 2.05) is 6.07 Å². The second-order valence-corrected chi connectivity index (χ2v) is 28.8. The van der Waals surface area contributed by atoms with Crippen LogP contribution in [0, 0.1) is 11.8 Å². The number of nitrogens with zero attached hydrogens (tertiary/aromatic N) is 3. The van der Waals surface area contributed by atoms with Crippen molar-refractivity contribution in [2.75, 3.05) is 51.8 Å². The van der Waals surface area contributed by atoms with Gasteiger partial charge in [0.05, 0.1) is 37.9 Å². The van der Waals surface area contributed by atoms with Gasteiger partial charge in [-0.25, -0.2) is 0 Å². The average molecular weight is 1570 g/mol. The molecule has 0 saturated carbocycles. The van der Waals surface area contributed by atoms with E-state index in [4.69, 9.17) is 11.5 Å². The largest absolute Gasteiger partial charge is 0.481 e. The van der Waals surface area contributed by atoms with Crippen molar-refractivity contribution in [2.45, 2.75) is 166 Å². The first-order valence-corrected chi connectivity index (χ1v) is 37.3. The quantitative estimate of drug-likeness (QED) is 0.0357. The molecule has 1 saturated heterocycles. The number of carbonyl (C=O) groups excluding carboxylic acids is 16. The highest BCUT2D eigenvalue weighted by molar-refractivity contribution is 8.00. The summed E-state index contributed by atoms with van der Waals surface area (Å²) in [7, 11) is 4.27. The number of fused-ring (bicyclic) bond motifs is 1. The summed E-state index contributed by atoms with van der Waals surface area (Å²) < 4.78 is 1.80. The molecule has 0 aliphatic carbocycles. The second-order valence-electron chi connectivity index (χ2n) is 27.8. The Morgan fingerprint density at radius 1 is 0.559 bits per heavy atom. The van der Waals surface area contributed by atoms with Gasteiger partial charge >= 0.3 is 5.97 Å². The summed E-state index contributed by atoms with van der Waals surface area (Å²) >= 11 is 0.778. The zero-order valence-electron chi connectivity index (χ0n) is 63.5. The average Bonchev–Trinajstić information content (AvgIpc) is 1.69. The zero-order chi connectivity index (χ0) is 82.3. The molecule has 18 N–H and O–H groups in total. The number of hydrogen-bond donors (Lipinski definition) is 16. The fraction of sp³-hybridized carbons (Fsp3) is 0.500. The Morgan fingerprint density at radius 3 is 1.64 bits per heavy atom. The van der Waals surface area contributed by atoms with Gasteiger partial charge in [-0.2, -0.15) is 0 Å². The summed E-state index contributed by atoms with van der Waals surface area (Å²) in [6, 6.07) is 8.13. The maximum Gasteiger partial charge on any atom is 0.303 e. The molecule has 1 unspecified atom stereocenters. The predicted molar refractivity (Wildman–Crippen MR) is 406 cm³/mol. The van der Waals surface area contributed by atoms with Crippen LogP contribution in [0.3, 0.4) is 0 Å². The molecule has 0 bridgehead atoms. The first-order valence-electron chi connectivity index (χ1n) is 36.1. The molecule has 2 heterocycles. The number of carboxylic acid groups (broad SMARTS) is 1. The minimum absolute atomic E-state index is 0.148. The summed E-state index contributed by atoms with van der Waals surface area (Å²) in [6.07, 6.45) is -3.00. The topological polar surface area (TPSA) is 538 Å². The number of hydrogen-bond acceptors (Lipinski definition) is 19. The third-order valence-corrected chi connectivity index (χ3v) is 18.9. The van der Waals surface area contributed by atoms with Gasteiger partial charge in [-0.15, -0.1) is 11.8 Å². The smallest absolute Gasteiger partial charge is 0.303 e. The minimum atomic E-state index is -1.84. The van der Waals surface area contributed by atoms with Gasteiger partial charge in [0.1, 0.15) is 60.4 Å². The fourth-order valence-corrected chi connectivity index (χ4v) is 12.8. The monoisotopic (exact) mass is 1570 g/mol. The summed E-state index contributed by atoms with van der Waals surface area (Å²) in [5.41, 5.74) is 13.1. The normalized spacial score (nSPS) is 22.6. The van der Waals surface area contributed by atoms with Crippen LogP contribution in [0.25, 0.3) is 10.9 Å². The Balaban J connectivity index is 1.60. The van der Waals surface area contributed by atoms with E-state index in [0.29, 0.717) is 22.1 Å². The molecular formula is C74H103N17O19S. The van der Waals surface area contributed by atoms with E-state index >= 15 is 14.4 Å². The Kier molecular flexibility index (Phi) is 35.9. The number of carbonyl (C=O) groups is 17. The molecule has 36 nitrogen and oxygen atoms in total. The Hall–Kier alpha value is -11.5. The van der Waals surface area contributed by atoms with E-state index in [1.54, 1.807) is 124 Å². The Bertz CT molecular complexity index is 3990. The molecule has 1 aliphatic heterocycles. The molecule has 16 amide bonds. The summed E-state index contributed by atoms with van der Waals surface area (Å²) in [5.74, 6) is -18.4. The van der Waals surface area contributed by atoms with Crippen molar-refractivity contribution in [3.8, 4) is 0 Å². The van der Waals surface area contributed by atoms with E-state index in [9.17, 15) is 77.3 Å². The molecule has 1 fully saturated rings. The van der Waals surface area contributed by atoms with Crippen molar-refractivity contribution in [1.82, 2.24) is 78.2 Å². The van der Waals surface area contributed by atoms with E-state index < -0.39 is 217 Å². The lowest BCUT2D eigenvalue weighted by Gasteiger charge is -2.33. The molecule has 5 rings (SSSR count). The lowest BCUT2D eigenvalue weighted by atomic mass is 9.98. The number of primary amides is 2. The Labute approximate surface area is 646 Å². The third kappa shape index (κ3) is 29.4. The third-order valence-electron chi connectivity index (χ3n) is 17.9. The van der Waals surface area contributed by atoms with Crippen LogP contribution in [0.2, 0.25) is 0 Å². The molecule has 604 valence electrons. The van der Waals surface area contributed by atoms with Gasteiger partial charge in [-0.1, -0.05) is 107 Å².